The fraction of sp³-hybridized carbons (Fsp3) is 0.0833. The van der Waals surface area contributed by atoms with Crippen molar-refractivity contribution in [3.8, 4) is 5.88 Å². The lowest BCUT2D eigenvalue weighted by Crippen LogP contribution is -1.97. The smallest absolute Gasteiger partial charge is 0.214 e. The van der Waals surface area contributed by atoms with Gasteiger partial charge in [-0.3, -0.25) is 10.1 Å². The average molecular weight is 241 g/mol. The van der Waals surface area contributed by atoms with Gasteiger partial charge in [-0.05, 0) is 12.1 Å². The summed E-state index contributed by atoms with van der Waals surface area (Å²) in [6, 6.07) is 7.42. The van der Waals surface area contributed by atoms with Gasteiger partial charge in [0.1, 0.15) is 12.1 Å². The van der Waals surface area contributed by atoms with Crippen LogP contribution in [0.1, 0.15) is 5.56 Å². The molecule has 0 aliphatic heterocycles. The molecule has 6 heteroatoms. The summed E-state index contributed by atoms with van der Waals surface area (Å²) in [5, 5.41) is 6.67. The maximum atomic E-state index is 5.68. The number of nitrogens with zero attached hydrogens (tertiary/aromatic N) is 3. The Labute approximate surface area is 103 Å². The number of ether oxygens (including phenoxy) is 1. The van der Waals surface area contributed by atoms with E-state index >= 15 is 0 Å². The highest BCUT2D eigenvalue weighted by Crippen LogP contribution is 2.19. The van der Waals surface area contributed by atoms with Gasteiger partial charge in [0.05, 0.1) is 5.52 Å². The van der Waals surface area contributed by atoms with Crippen LogP contribution in [0.2, 0.25) is 0 Å². The van der Waals surface area contributed by atoms with Crippen LogP contribution in [0.3, 0.4) is 0 Å². The van der Waals surface area contributed by atoms with Crippen molar-refractivity contribution in [2.24, 2.45) is 0 Å². The largest absolute Gasteiger partial charge is 0.473 e. The Morgan fingerprint density at radius 2 is 2.22 bits per heavy atom. The highest BCUT2D eigenvalue weighted by molar-refractivity contribution is 5.84. The molecule has 3 aromatic rings. The molecule has 0 aliphatic carbocycles. The summed E-state index contributed by atoms with van der Waals surface area (Å²) in [5.41, 5.74) is 8.08. The Kier molecular flexibility index (Phi) is 2.53. The van der Waals surface area contributed by atoms with Crippen molar-refractivity contribution in [2.45, 2.75) is 6.61 Å². The molecule has 0 unspecified atom stereocenters. The third-order valence-corrected chi connectivity index (χ3v) is 2.52. The van der Waals surface area contributed by atoms with Crippen molar-refractivity contribution in [1.82, 2.24) is 20.2 Å². The van der Waals surface area contributed by atoms with E-state index in [1.54, 1.807) is 18.5 Å². The zero-order chi connectivity index (χ0) is 12.4. The van der Waals surface area contributed by atoms with E-state index in [1.165, 1.54) is 0 Å². The normalized spacial score (nSPS) is 10.7. The molecule has 0 atom stereocenters. The molecule has 3 N–H and O–H groups in total. The van der Waals surface area contributed by atoms with E-state index in [0.717, 1.165) is 11.1 Å². The number of pyridine rings is 2. The van der Waals surface area contributed by atoms with Crippen LogP contribution < -0.4 is 10.5 Å². The van der Waals surface area contributed by atoms with Gasteiger partial charge >= 0.3 is 0 Å². The number of nitrogens with one attached hydrogen (secondary N) is 1. The summed E-state index contributed by atoms with van der Waals surface area (Å²) < 4.78 is 5.58. The highest BCUT2D eigenvalue weighted by Gasteiger charge is 2.05. The fourth-order valence-corrected chi connectivity index (χ4v) is 1.62. The predicted molar refractivity (Wildman–Crippen MR) is 66.9 cm³/mol. The second-order valence-electron chi connectivity index (χ2n) is 3.80. The third-order valence-electron chi connectivity index (χ3n) is 2.52. The lowest BCUT2D eigenvalue weighted by molar-refractivity contribution is 0.294. The molecular weight excluding hydrogens is 230 g/mol. The lowest BCUT2D eigenvalue weighted by atomic mass is 10.3. The SMILES string of the molecule is Nc1n[nH]c2ccc(OCc3cccnc3)nc12. The Bertz CT molecular complexity index is 665. The van der Waals surface area contributed by atoms with E-state index in [0.29, 0.717) is 23.8 Å². The van der Waals surface area contributed by atoms with Gasteiger partial charge in [-0.2, -0.15) is 5.10 Å². The minimum Gasteiger partial charge on any atom is -0.473 e. The molecule has 0 aliphatic rings. The van der Waals surface area contributed by atoms with Gasteiger partial charge < -0.3 is 10.5 Å². The molecule has 0 saturated heterocycles. The van der Waals surface area contributed by atoms with Crippen molar-refractivity contribution in [3.63, 3.8) is 0 Å². The number of hydrogen-bond donors (Lipinski definition) is 2. The number of nitrogens with two attached hydrogens (primary N) is 1. The summed E-state index contributed by atoms with van der Waals surface area (Å²) in [6.45, 7) is 0.421. The van der Waals surface area contributed by atoms with E-state index in [9.17, 15) is 0 Å². The van der Waals surface area contributed by atoms with E-state index in [4.69, 9.17) is 10.5 Å². The van der Waals surface area contributed by atoms with Gasteiger partial charge in [0.2, 0.25) is 5.88 Å². The molecule has 3 aromatic heterocycles. The van der Waals surface area contributed by atoms with Crippen molar-refractivity contribution >= 4 is 16.9 Å². The molecule has 0 bridgehead atoms. The number of H-pyrrole nitrogens is 1. The van der Waals surface area contributed by atoms with Crippen LogP contribution in [-0.2, 0) is 6.61 Å². The minimum absolute atomic E-state index is 0.372. The number of hydrogen-bond acceptors (Lipinski definition) is 5. The van der Waals surface area contributed by atoms with E-state index in [1.807, 2.05) is 18.2 Å². The second kappa shape index (κ2) is 4.33. The van der Waals surface area contributed by atoms with Crippen molar-refractivity contribution in [2.75, 3.05) is 5.73 Å². The Morgan fingerprint density at radius 3 is 3.06 bits per heavy atom. The van der Waals surface area contributed by atoms with Crippen molar-refractivity contribution in [3.05, 3.63) is 42.2 Å². The van der Waals surface area contributed by atoms with Crippen LogP contribution in [0.15, 0.2) is 36.7 Å². The molecule has 6 nitrogen and oxygen atoms in total. The van der Waals surface area contributed by atoms with Crippen LogP contribution in [0.5, 0.6) is 5.88 Å². The third kappa shape index (κ3) is 1.95. The summed E-state index contributed by atoms with van der Waals surface area (Å²) in [7, 11) is 0. The van der Waals surface area contributed by atoms with Crippen LogP contribution in [0.25, 0.3) is 11.0 Å². The number of rotatable bonds is 3. The van der Waals surface area contributed by atoms with Crippen LogP contribution in [-0.4, -0.2) is 20.2 Å². The van der Waals surface area contributed by atoms with E-state index in [-0.39, 0.29) is 0 Å². The molecule has 0 amide bonds. The Hall–Kier alpha value is -2.63. The van der Waals surface area contributed by atoms with Gasteiger partial charge in [-0.25, -0.2) is 4.98 Å². The summed E-state index contributed by atoms with van der Waals surface area (Å²) in [6.07, 6.45) is 3.48. The van der Waals surface area contributed by atoms with Crippen molar-refractivity contribution in [1.29, 1.82) is 0 Å². The average Bonchev–Trinajstić information content (AvgIpc) is 2.79. The molecule has 0 fully saturated rings. The topological polar surface area (TPSA) is 89.7 Å². The first-order valence-electron chi connectivity index (χ1n) is 5.45. The number of aromatic amines is 1. The maximum Gasteiger partial charge on any atom is 0.214 e. The van der Waals surface area contributed by atoms with E-state index < -0.39 is 0 Å². The lowest BCUT2D eigenvalue weighted by Gasteiger charge is -2.04. The molecule has 18 heavy (non-hydrogen) atoms. The Morgan fingerprint density at radius 1 is 1.28 bits per heavy atom. The minimum atomic E-state index is 0.372. The number of anilines is 1. The van der Waals surface area contributed by atoms with Crippen LogP contribution >= 0.6 is 0 Å². The molecule has 0 radical (unpaired) electrons. The molecule has 90 valence electrons. The zero-order valence-electron chi connectivity index (χ0n) is 9.50. The number of nitrogen functional groups attached to an aromatic ring is 1. The summed E-state index contributed by atoms with van der Waals surface area (Å²) in [4.78, 5) is 8.31. The first kappa shape index (κ1) is 10.5. The van der Waals surface area contributed by atoms with E-state index in [2.05, 4.69) is 20.2 Å². The van der Waals surface area contributed by atoms with Crippen LogP contribution in [0.4, 0.5) is 5.82 Å². The summed E-state index contributed by atoms with van der Waals surface area (Å²) in [5.74, 6) is 0.885. The summed E-state index contributed by atoms with van der Waals surface area (Å²) >= 11 is 0. The second-order valence-corrected chi connectivity index (χ2v) is 3.80. The quantitative estimate of drug-likeness (QED) is 0.725. The Balaban J connectivity index is 1.80. The molecule has 0 aromatic carbocycles. The van der Waals surface area contributed by atoms with Gasteiger partial charge in [0, 0.05) is 24.0 Å². The molecule has 0 saturated carbocycles. The zero-order valence-corrected chi connectivity index (χ0v) is 9.50. The first-order chi connectivity index (χ1) is 8.83. The predicted octanol–water partition coefficient (Wildman–Crippen LogP) is 1.51. The fourth-order valence-electron chi connectivity index (χ4n) is 1.62. The first-order valence-corrected chi connectivity index (χ1v) is 5.45. The monoisotopic (exact) mass is 241 g/mol. The van der Waals surface area contributed by atoms with Crippen molar-refractivity contribution < 1.29 is 4.74 Å². The maximum absolute atomic E-state index is 5.68. The van der Waals surface area contributed by atoms with Gasteiger partial charge in [0.15, 0.2) is 5.82 Å². The molecule has 3 rings (SSSR count). The van der Waals surface area contributed by atoms with Crippen LogP contribution in [0, 0.1) is 0 Å². The van der Waals surface area contributed by atoms with Gasteiger partial charge in [-0.1, -0.05) is 6.07 Å². The van der Waals surface area contributed by atoms with Gasteiger partial charge in [-0.15, -0.1) is 0 Å². The number of aromatic nitrogens is 4. The molecule has 3 heterocycles. The molecule has 0 spiro atoms. The van der Waals surface area contributed by atoms with Gasteiger partial charge in [0.25, 0.3) is 0 Å². The highest BCUT2D eigenvalue weighted by atomic mass is 16.5. The standard InChI is InChI=1S/C12H11N5O/c13-12-11-9(16-17-12)3-4-10(15-11)18-7-8-2-1-5-14-6-8/h1-6H,7H2,(H3,13,16,17). The molecular formula is C12H11N5O. The number of fused-ring (bicyclic) bond motifs is 1.